The normalized spacial score (nSPS) is 19.5. The molecule has 0 unspecified atom stereocenters. The Bertz CT molecular complexity index is 797. The number of ether oxygens (including phenoxy) is 1. The van der Waals surface area contributed by atoms with Crippen molar-refractivity contribution < 1.29 is 14.3 Å². The summed E-state index contributed by atoms with van der Waals surface area (Å²) in [5.41, 5.74) is 0.244. The second-order valence-corrected chi connectivity index (χ2v) is 6.89. The van der Waals surface area contributed by atoms with E-state index < -0.39 is 5.54 Å². The lowest BCUT2D eigenvalue weighted by Gasteiger charge is -2.21. The van der Waals surface area contributed by atoms with Gasteiger partial charge in [-0.05, 0) is 37.5 Å². The van der Waals surface area contributed by atoms with Gasteiger partial charge in [-0.1, -0.05) is 54.1 Å². The largest absolute Gasteiger partial charge is 0.490 e. The summed E-state index contributed by atoms with van der Waals surface area (Å²) < 4.78 is 5.59. The summed E-state index contributed by atoms with van der Waals surface area (Å²) in [6.07, 6.45) is 1.26. The summed E-state index contributed by atoms with van der Waals surface area (Å²) in [5.74, 6) is 0.314. The summed E-state index contributed by atoms with van der Waals surface area (Å²) in [6, 6.07) is 16.6. The van der Waals surface area contributed by atoms with Crippen molar-refractivity contribution >= 4 is 23.5 Å². The van der Waals surface area contributed by atoms with Crippen molar-refractivity contribution in [3.8, 4) is 5.75 Å². The minimum absolute atomic E-state index is 0.177. The highest BCUT2D eigenvalue weighted by Gasteiger charge is 2.47. The van der Waals surface area contributed by atoms with E-state index in [1.807, 2.05) is 42.5 Å². The molecule has 2 aromatic rings. The Labute approximate surface area is 157 Å². The number of benzene rings is 2. The number of amides is 3. The van der Waals surface area contributed by atoms with Gasteiger partial charge in [0, 0.05) is 0 Å². The second kappa shape index (κ2) is 7.79. The molecule has 1 N–H and O–H groups in total. The van der Waals surface area contributed by atoms with E-state index in [-0.39, 0.29) is 25.1 Å². The SMILES string of the molecule is C[C@]1(CCc2ccccc2)NC(=O)N(CCOc2ccccc2Cl)C1=O. The summed E-state index contributed by atoms with van der Waals surface area (Å²) >= 11 is 6.04. The minimum atomic E-state index is -0.892. The number of nitrogens with zero attached hydrogens (tertiary/aromatic N) is 1. The molecule has 0 bridgehead atoms. The number of rotatable bonds is 7. The molecule has 0 aliphatic carbocycles. The van der Waals surface area contributed by atoms with Gasteiger partial charge in [0.15, 0.2) is 0 Å². The van der Waals surface area contributed by atoms with E-state index in [1.165, 1.54) is 4.90 Å². The van der Waals surface area contributed by atoms with E-state index in [0.717, 1.165) is 5.56 Å². The van der Waals surface area contributed by atoms with Crippen LogP contribution in [0, 0.1) is 0 Å². The van der Waals surface area contributed by atoms with E-state index in [1.54, 1.807) is 19.1 Å². The van der Waals surface area contributed by atoms with E-state index in [9.17, 15) is 9.59 Å². The zero-order valence-corrected chi connectivity index (χ0v) is 15.3. The summed E-state index contributed by atoms with van der Waals surface area (Å²) in [7, 11) is 0. The average Bonchev–Trinajstić information content (AvgIpc) is 2.86. The molecule has 5 nitrogen and oxygen atoms in total. The molecule has 1 aliphatic heterocycles. The molecule has 6 heteroatoms. The first-order chi connectivity index (χ1) is 12.5. The quantitative estimate of drug-likeness (QED) is 0.754. The number of imide groups is 1. The molecule has 0 spiro atoms. The number of urea groups is 1. The lowest BCUT2D eigenvalue weighted by atomic mass is 9.93. The van der Waals surface area contributed by atoms with Crippen LogP contribution in [0.4, 0.5) is 4.79 Å². The Balaban J connectivity index is 1.57. The molecule has 1 fully saturated rings. The summed E-state index contributed by atoms with van der Waals surface area (Å²) in [5, 5.41) is 3.31. The molecule has 3 rings (SSSR count). The predicted molar refractivity (Wildman–Crippen MR) is 100 cm³/mol. The molecule has 136 valence electrons. The first-order valence-electron chi connectivity index (χ1n) is 8.55. The Morgan fingerprint density at radius 3 is 2.50 bits per heavy atom. The molecule has 0 radical (unpaired) electrons. The Hall–Kier alpha value is -2.53. The average molecular weight is 373 g/mol. The van der Waals surface area contributed by atoms with Crippen molar-refractivity contribution in [3.05, 3.63) is 65.2 Å². The number of hydrogen-bond donors (Lipinski definition) is 1. The zero-order valence-electron chi connectivity index (χ0n) is 14.6. The number of carbonyl (C=O) groups is 2. The maximum absolute atomic E-state index is 12.7. The maximum atomic E-state index is 12.7. The standard InChI is InChI=1S/C20H21ClN2O3/c1-20(12-11-15-7-3-2-4-8-15)18(24)23(19(25)22-20)13-14-26-17-10-6-5-9-16(17)21/h2-10H,11-14H2,1H3,(H,22,25)/t20-/m1/s1. The first kappa shape index (κ1) is 18.3. The van der Waals surface area contributed by atoms with Crippen LogP contribution in [0.5, 0.6) is 5.75 Å². The van der Waals surface area contributed by atoms with Gasteiger partial charge >= 0.3 is 6.03 Å². The van der Waals surface area contributed by atoms with Crippen LogP contribution in [0.25, 0.3) is 0 Å². The number of hydrogen-bond acceptors (Lipinski definition) is 3. The molecular formula is C20H21ClN2O3. The molecular weight excluding hydrogens is 352 g/mol. The topological polar surface area (TPSA) is 58.6 Å². The lowest BCUT2D eigenvalue weighted by molar-refractivity contribution is -0.131. The van der Waals surface area contributed by atoms with Crippen molar-refractivity contribution in [2.45, 2.75) is 25.3 Å². The second-order valence-electron chi connectivity index (χ2n) is 6.48. The molecule has 2 aromatic carbocycles. The van der Waals surface area contributed by atoms with Crippen molar-refractivity contribution in [1.82, 2.24) is 10.2 Å². The lowest BCUT2D eigenvalue weighted by Crippen LogP contribution is -2.44. The van der Waals surface area contributed by atoms with Gasteiger partial charge in [0.25, 0.3) is 5.91 Å². The fourth-order valence-electron chi connectivity index (χ4n) is 2.97. The number of para-hydroxylation sites is 1. The Morgan fingerprint density at radius 1 is 1.08 bits per heavy atom. The highest BCUT2D eigenvalue weighted by atomic mass is 35.5. The molecule has 1 aliphatic rings. The molecule has 1 heterocycles. The number of carbonyl (C=O) groups excluding carboxylic acids is 2. The van der Waals surface area contributed by atoms with Gasteiger partial charge in [0.2, 0.25) is 0 Å². The van der Waals surface area contributed by atoms with Gasteiger partial charge in [-0.2, -0.15) is 0 Å². The van der Waals surface area contributed by atoms with Crippen LogP contribution >= 0.6 is 11.6 Å². The Kier molecular flexibility index (Phi) is 5.47. The first-order valence-corrected chi connectivity index (χ1v) is 8.93. The van der Waals surface area contributed by atoms with Crippen LogP contribution in [0.3, 0.4) is 0 Å². The molecule has 1 saturated heterocycles. The van der Waals surface area contributed by atoms with Crippen molar-refractivity contribution in [1.29, 1.82) is 0 Å². The van der Waals surface area contributed by atoms with E-state index in [0.29, 0.717) is 23.6 Å². The van der Waals surface area contributed by atoms with Crippen LogP contribution < -0.4 is 10.1 Å². The summed E-state index contributed by atoms with van der Waals surface area (Å²) in [4.78, 5) is 26.2. The monoisotopic (exact) mass is 372 g/mol. The number of nitrogens with one attached hydrogen (secondary N) is 1. The van der Waals surface area contributed by atoms with Crippen molar-refractivity contribution in [3.63, 3.8) is 0 Å². The zero-order chi connectivity index (χ0) is 18.6. The van der Waals surface area contributed by atoms with Gasteiger partial charge in [0.1, 0.15) is 17.9 Å². The third kappa shape index (κ3) is 3.99. The molecule has 1 atom stereocenters. The van der Waals surface area contributed by atoms with Crippen LogP contribution in [0.15, 0.2) is 54.6 Å². The van der Waals surface area contributed by atoms with Crippen molar-refractivity contribution in [2.24, 2.45) is 0 Å². The van der Waals surface area contributed by atoms with Gasteiger partial charge in [-0.15, -0.1) is 0 Å². The van der Waals surface area contributed by atoms with E-state index in [2.05, 4.69) is 5.32 Å². The van der Waals surface area contributed by atoms with Crippen LogP contribution in [-0.2, 0) is 11.2 Å². The fraction of sp³-hybridized carbons (Fsp3) is 0.300. The van der Waals surface area contributed by atoms with Gasteiger partial charge < -0.3 is 10.1 Å². The van der Waals surface area contributed by atoms with E-state index in [4.69, 9.17) is 16.3 Å². The maximum Gasteiger partial charge on any atom is 0.325 e. The molecule has 0 saturated carbocycles. The highest BCUT2D eigenvalue weighted by molar-refractivity contribution is 6.32. The predicted octanol–water partition coefficient (Wildman–Crippen LogP) is 3.66. The van der Waals surface area contributed by atoms with E-state index >= 15 is 0 Å². The molecule has 0 aromatic heterocycles. The number of halogens is 1. The number of aryl methyl sites for hydroxylation is 1. The minimum Gasteiger partial charge on any atom is -0.490 e. The van der Waals surface area contributed by atoms with Gasteiger partial charge in [0.05, 0.1) is 11.6 Å². The van der Waals surface area contributed by atoms with Gasteiger partial charge in [-0.3, -0.25) is 9.69 Å². The van der Waals surface area contributed by atoms with Crippen molar-refractivity contribution in [2.75, 3.05) is 13.2 Å². The van der Waals surface area contributed by atoms with Crippen LogP contribution in [0.2, 0.25) is 5.02 Å². The summed E-state index contributed by atoms with van der Waals surface area (Å²) in [6.45, 7) is 2.14. The molecule has 26 heavy (non-hydrogen) atoms. The van der Waals surface area contributed by atoms with Crippen LogP contribution in [-0.4, -0.2) is 35.5 Å². The highest BCUT2D eigenvalue weighted by Crippen LogP contribution is 2.25. The third-order valence-electron chi connectivity index (χ3n) is 4.51. The fourth-order valence-corrected chi connectivity index (χ4v) is 3.16. The third-order valence-corrected chi connectivity index (χ3v) is 4.82. The molecule has 3 amide bonds. The Morgan fingerprint density at radius 2 is 1.77 bits per heavy atom. The van der Waals surface area contributed by atoms with Gasteiger partial charge in [-0.25, -0.2) is 4.79 Å². The smallest absolute Gasteiger partial charge is 0.325 e. The van der Waals surface area contributed by atoms with Crippen LogP contribution in [0.1, 0.15) is 18.9 Å².